The number of fused-ring (bicyclic) bond motifs is 3. The minimum absolute atomic E-state index is 0.00122. The van der Waals surface area contributed by atoms with Gasteiger partial charge in [-0.2, -0.15) is 0 Å². The van der Waals surface area contributed by atoms with Gasteiger partial charge in [-0.05, 0) is 75.3 Å². The van der Waals surface area contributed by atoms with Crippen molar-refractivity contribution in [2.45, 2.75) is 133 Å². The van der Waals surface area contributed by atoms with E-state index >= 15 is 0 Å². The van der Waals surface area contributed by atoms with E-state index in [-0.39, 0.29) is 31.6 Å². The van der Waals surface area contributed by atoms with Crippen LogP contribution in [0.4, 0.5) is 9.59 Å². The van der Waals surface area contributed by atoms with Crippen molar-refractivity contribution in [3.8, 4) is 0 Å². The molecule has 6 rings (SSSR count). The highest BCUT2D eigenvalue weighted by atomic mass is 16.6. The van der Waals surface area contributed by atoms with Gasteiger partial charge in [0.15, 0.2) is 0 Å². The molecule has 0 radical (unpaired) electrons. The first-order chi connectivity index (χ1) is 23.3. The minimum Gasteiger partial charge on any atom is -0.464 e. The van der Waals surface area contributed by atoms with Crippen molar-refractivity contribution in [2.75, 3.05) is 19.7 Å². The molecule has 3 aliphatic heterocycles. The predicted molar refractivity (Wildman–Crippen MR) is 175 cm³/mol. The Kier molecular flexibility index (Phi) is 10.8. The summed E-state index contributed by atoms with van der Waals surface area (Å²) < 4.78 is 17.0. The zero-order valence-electron chi connectivity index (χ0n) is 28.1. The van der Waals surface area contributed by atoms with Crippen LogP contribution in [0.25, 0.3) is 0 Å². The van der Waals surface area contributed by atoms with E-state index in [1.807, 2.05) is 18.2 Å². The van der Waals surface area contributed by atoms with Crippen molar-refractivity contribution >= 4 is 30.0 Å². The summed E-state index contributed by atoms with van der Waals surface area (Å²) in [6.07, 6.45) is 8.53. The van der Waals surface area contributed by atoms with Gasteiger partial charge in [0.25, 0.3) is 0 Å². The number of nitrogens with zero attached hydrogens (tertiary/aromatic N) is 2. The van der Waals surface area contributed by atoms with Crippen molar-refractivity contribution in [1.82, 2.24) is 20.4 Å². The summed E-state index contributed by atoms with van der Waals surface area (Å²) in [6, 6.07) is 6.10. The molecule has 2 saturated carbocycles. The fourth-order valence-electron chi connectivity index (χ4n) is 8.00. The summed E-state index contributed by atoms with van der Waals surface area (Å²) in [4.78, 5) is 71.0. The molecular formula is C36H50N4O8. The number of ether oxygens (including phenoxy) is 3. The van der Waals surface area contributed by atoms with Gasteiger partial charge in [-0.15, -0.1) is 0 Å². The molecule has 12 nitrogen and oxygen atoms in total. The fourth-order valence-corrected chi connectivity index (χ4v) is 8.00. The van der Waals surface area contributed by atoms with Crippen LogP contribution in [0.15, 0.2) is 24.3 Å². The number of hydrogen-bond acceptors (Lipinski definition) is 8. The van der Waals surface area contributed by atoms with Gasteiger partial charge in [0, 0.05) is 19.5 Å². The molecule has 5 aliphatic rings. The fraction of sp³-hybridized carbons (Fsp3) is 0.694. The van der Waals surface area contributed by atoms with Gasteiger partial charge in [-0.25, -0.2) is 14.4 Å². The van der Waals surface area contributed by atoms with E-state index < -0.39 is 53.7 Å². The zero-order chi connectivity index (χ0) is 33.7. The summed E-state index contributed by atoms with van der Waals surface area (Å²) in [7, 11) is 0. The standard InChI is InChI=1S/C36H50N4O8/c1-2-46-33(43)36-21-26(36)14-6-4-3-5-7-17-29(37-34(44)47-27-15-10-11-16-27)32(42)40-23-28(20-30(40)31(41)38-36)48-35(45)39-19-18-24-12-8-9-13-25(24)22-39/h8-9,12-13,26-30H,2-7,10-11,14-23H2,1H3,(H,37,44)(H,38,41)/t26-,28-,29+,30+,36-/m1/s1. The molecule has 5 atom stereocenters. The molecule has 48 heavy (non-hydrogen) atoms. The van der Waals surface area contributed by atoms with Gasteiger partial charge in [-0.1, -0.05) is 56.4 Å². The van der Waals surface area contributed by atoms with E-state index in [0.717, 1.165) is 69.8 Å². The molecule has 262 valence electrons. The topological polar surface area (TPSA) is 144 Å². The average molecular weight is 667 g/mol. The molecule has 0 spiro atoms. The number of alkyl carbamates (subject to hydrolysis) is 1. The van der Waals surface area contributed by atoms with Crippen LogP contribution in [0.1, 0.15) is 102 Å². The van der Waals surface area contributed by atoms with E-state index in [1.165, 1.54) is 10.5 Å². The smallest absolute Gasteiger partial charge is 0.410 e. The molecule has 0 aromatic heterocycles. The predicted octanol–water partition coefficient (Wildman–Crippen LogP) is 4.37. The molecule has 0 bridgehead atoms. The maximum atomic E-state index is 14.3. The van der Waals surface area contributed by atoms with E-state index in [4.69, 9.17) is 14.2 Å². The number of esters is 1. The maximum Gasteiger partial charge on any atom is 0.410 e. The highest BCUT2D eigenvalue weighted by Gasteiger charge is 2.62. The van der Waals surface area contributed by atoms with Gasteiger partial charge in [0.1, 0.15) is 29.8 Å². The molecule has 4 amide bonds. The second-order valence-corrected chi connectivity index (χ2v) is 14.1. The Labute approximate surface area is 282 Å². The molecule has 2 saturated heterocycles. The average Bonchev–Trinajstić information content (AvgIpc) is 3.36. The molecule has 1 aromatic carbocycles. The zero-order valence-corrected chi connectivity index (χ0v) is 28.1. The van der Waals surface area contributed by atoms with Gasteiger partial charge in [0.05, 0.1) is 13.2 Å². The Morgan fingerprint density at radius 2 is 1.62 bits per heavy atom. The van der Waals surface area contributed by atoms with Crippen molar-refractivity contribution in [1.29, 1.82) is 0 Å². The lowest BCUT2D eigenvalue weighted by atomic mass is 10.0. The lowest BCUT2D eigenvalue weighted by Crippen LogP contribution is -2.56. The Balaban J connectivity index is 1.21. The highest BCUT2D eigenvalue weighted by molar-refractivity contribution is 5.96. The Hall–Kier alpha value is -3.83. The second kappa shape index (κ2) is 15.2. The van der Waals surface area contributed by atoms with E-state index in [9.17, 15) is 24.0 Å². The van der Waals surface area contributed by atoms with Crippen LogP contribution in [0.3, 0.4) is 0 Å². The largest absolute Gasteiger partial charge is 0.464 e. The number of amides is 4. The normalized spacial score (nSPS) is 29.7. The number of rotatable bonds is 5. The maximum absolute atomic E-state index is 14.3. The molecule has 3 heterocycles. The number of carbonyl (C=O) groups excluding carboxylic acids is 5. The summed E-state index contributed by atoms with van der Waals surface area (Å²) in [6.45, 7) is 2.86. The molecule has 1 aromatic rings. The van der Waals surface area contributed by atoms with Crippen molar-refractivity contribution in [3.63, 3.8) is 0 Å². The van der Waals surface area contributed by atoms with Crippen LogP contribution < -0.4 is 10.6 Å². The van der Waals surface area contributed by atoms with Crippen LogP contribution >= 0.6 is 0 Å². The number of hydrogen-bond donors (Lipinski definition) is 2. The van der Waals surface area contributed by atoms with E-state index in [0.29, 0.717) is 32.4 Å². The second-order valence-electron chi connectivity index (χ2n) is 14.1. The number of carbonyl (C=O) groups is 5. The highest BCUT2D eigenvalue weighted by Crippen LogP contribution is 2.48. The molecule has 12 heteroatoms. The van der Waals surface area contributed by atoms with Crippen molar-refractivity contribution in [2.24, 2.45) is 5.92 Å². The molecule has 4 fully saturated rings. The quantitative estimate of drug-likeness (QED) is 0.349. The van der Waals surface area contributed by atoms with Crippen molar-refractivity contribution in [3.05, 3.63) is 35.4 Å². The Bertz CT molecular complexity index is 1360. The van der Waals surface area contributed by atoms with Crippen LogP contribution in [-0.4, -0.2) is 89.3 Å². The summed E-state index contributed by atoms with van der Waals surface area (Å²) in [5.74, 6) is -1.39. The summed E-state index contributed by atoms with van der Waals surface area (Å²) in [5.41, 5.74) is 1.14. The van der Waals surface area contributed by atoms with Gasteiger partial charge >= 0.3 is 18.2 Å². The Morgan fingerprint density at radius 1 is 0.917 bits per heavy atom. The van der Waals surface area contributed by atoms with Gasteiger partial charge in [0.2, 0.25) is 11.8 Å². The lowest BCUT2D eigenvalue weighted by Gasteiger charge is -2.30. The van der Waals surface area contributed by atoms with Crippen molar-refractivity contribution < 1.29 is 38.2 Å². The van der Waals surface area contributed by atoms with Crippen LogP contribution in [0.2, 0.25) is 0 Å². The van der Waals surface area contributed by atoms with Crippen LogP contribution in [0.5, 0.6) is 0 Å². The molecule has 2 aliphatic carbocycles. The SMILES string of the molecule is CCOC(=O)[C@@]12C[C@H]1CCCCCCC[C@H](NC(=O)OC1CCCC1)C(=O)N1C[C@H](OC(=O)N3CCc4ccccc4C3)C[C@H]1C(=O)N2. The molecule has 2 N–H and O–H groups in total. The summed E-state index contributed by atoms with van der Waals surface area (Å²) >= 11 is 0. The molecular weight excluding hydrogens is 616 g/mol. The monoisotopic (exact) mass is 666 g/mol. The minimum atomic E-state index is -1.12. The number of benzene rings is 1. The summed E-state index contributed by atoms with van der Waals surface area (Å²) in [5, 5.41) is 5.81. The third-order valence-electron chi connectivity index (χ3n) is 10.8. The first-order valence-electron chi connectivity index (χ1n) is 18.1. The van der Waals surface area contributed by atoms with Crippen LogP contribution in [-0.2, 0) is 41.6 Å². The van der Waals surface area contributed by atoms with Gasteiger partial charge in [-0.3, -0.25) is 9.59 Å². The number of nitrogens with one attached hydrogen (secondary N) is 2. The molecule has 0 unspecified atom stereocenters. The van der Waals surface area contributed by atoms with Crippen LogP contribution in [0, 0.1) is 5.92 Å². The third kappa shape index (κ3) is 7.73. The van der Waals surface area contributed by atoms with E-state index in [2.05, 4.69) is 16.7 Å². The van der Waals surface area contributed by atoms with E-state index in [1.54, 1.807) is 11.8 Å². The first-order valence-corrected chi connectivity index (χ1v) is 18.1. The first kappa shape index (κ1) is 34.0. The third-order valence-corrected chi connectivity index (χ3v) is 10.8. The Morgan fingerprint density at radius 3 is 2.40 bits per heavy atom. The van der Waals surface area contributed by atoms with Gasteiger partial charge < -0.3 is 34.6 Å². The lowest BCUT2D eigenvalue weighted by molar-refractivity contribution is -0.150.